The van der Waals surface area contributed by atoms with Gasteiger partial charge in [-0.1, -0.05) is 60.1 Å². The Hall–Kier alpha value is -2.78. The van der Waals surface area contributed by atoms with Crippen LogP contribution in [0.2, 0.25) is 5.02 Å². The van der Waals surface area contributed by atoms with Gasteiger partial charge in [0.2, 0.25) is 0 Å². The van der Waals surface area contributed by atoms with E-state index in [4.69, 9.17) is 16.3 Å². The number of benzene rings is 3. The number of hydrazone groups is 1. The van der Waals surface area contributed by atoms with Gasteiger partial charge in [-0.05, 0) is 30.3 Å². The minimum absolute atomic E-state index is 0.413. The van der Waals surface area contributed by atoms with Crippen LogP contribution in [-0.2, 0) is 6.61 Å². The molecule has 0 fully saturated rings. The van der Waals surface area contributed by atoms with Gasteiger partial charge >= 0.3 is 0 Å². The summed E-state index contributed by atoms with van der Waals surface area (Å²) in [5.41, 5.74) is 5.78. The Balaban J connectivity index is 1.68. The molecule has 0 saturated carbocycles. The molecule has 0 unspecified atom stereocenters. The highest BCUT2D eigenvalue weighted by atomic mass is 35.5. The molecule has 3 nitrogen and oxygen atoms in total. The van der Waals surface area contributed by atoms with Gasteiger partial charge in [-0.15, -0.1) is 0 Å². The normalized spacial score (nSPS) is 10.7. The molecule has 0 radical (unpaired) electrons. The summed E-state index contributed by atoms with van der Waals surface area (Å²) in [6, 6.07) is 25.2. The Kier molecular flexibility index (Phi) is 5.48. The van der Waals surface area contributed by atoms with E-state index >= 15 is 0 Å². The number of nitrogens with one attached hydrogen (secondary N) is 1. The summed E-state index contributed by atoms with van der Waals surface area (Å²) in [4.78, 5) is 0. The number of hydrogen-bond donors (Lipinski definition) is 1. The fourth-order valence-corrected chi connectivity index (χ4v) is 2.37. The molecule has 3 aromatic rings. The molecule has 0 aliphatic heterocycles. The lowest BCUT2D eigenvalue weighted by atomic mass is 10.2. The average molecular weight is 337 g/mol. The first-order chi connectivity index (χ1) is 11.8. The van der Waals surface area contributed by atoms with Gasteiger partial charge in [0.25, 0.3) is 0 Å². The van der Waals surface area contributed by atoms with Crippen molar-refractivity contribution in [2.24, 2.45) is 5.10 Å². The summed E-state index contributed by atoms with van der Waals surface area (Å²) < 4.78 is 5.90. The van der Waals surface area contributed by atoms with E-state index in [1.54, 1.807) is 6.21 Å². The lowest BCUT2D eigenvalue weighted by Gasteiger charge is -2.10. The number of ether oxygens (including phenoxy) is 1. The zero-order chi connectivity index (χ0) is 16.6. The van der Waals surface area contributed by atoms with Crippen LogP contribution < -0.4 is 10.2 Å². The monoisotopic (exact) mass is 336 g/mol. The summed E-state index contributed by atoms with van der Waals surface area (Å²) in [7, 11) is 0. The average Bonchev–Trinajstić information content (AvgIpc) is 2.63. The maximum Gasteiger partial charge on any atom is 0.128 e. The highest BCUT2D eigenvalue weighted by Crippen LogP contribution is 2.21. The largest absolute Gasteiger partial charge is 0.488 e. The quantitative estimate of drug-likeness (QED) is 0.485. The fraction of sp³-hybridized carbons (Fsp3) is 0.0500. The van der Waals surface area contributed by atoms with Gasteiger partial charge in [-0.25, -0.2) is 0 Å². The Morgan fingerprint density at radius 1 is 0.875 bits per heavy atom. The van der Waals surface area contributed by atoms with Crippen LogP contribution in [0.25, 0.3) is 0 Å². The van der Waals surface area contributed by atoms with Crippen molar-refractivity contribution >= 4 is 23.5 Å². The maximum atomic E-state index is 6.17. The van der Waals surface area contributed by atoms with E-state index in [1.165, 1.54) is 0 Å². The zero-order valence-corrected chi connectivity index (χ0v) is 13.8. The molecular formula is C20H17ClN2O. The Labute approximate surface area is 146 Å². The van der Waals surface area contributed by atoms with Gasteiger partial charge in [-0.2, -0.15) is 5.10 Å². The van der Waals surface area contributed by atoms with Crippen LogP contribution in [0.5, 0.6) is 5.75 Å². The van der Waals surface area contributed by atoms with Crippen LogP contribution in [0.15, 0.2) is 84.0 Å². The van der Waals surface area contributed by atoms with Crippen LogP contribution in [0, 0.1) is 0 Å². The standard InChI is InChI=1S/C20H17ClN2O/c21-19-12-6-4-9-17(19)15-24-20-13-7-5-8-16(20)14-22-23-18-10-2-1-3-11-18/h1-14,23H,15H2. The molecule has 0 aliphatic carbocycles. The number of para-hydroxylation sites is 2. The van der Waals surface area contributed by atoms with Gasteiger partial charge in [0.15, 0.2) is 0 Å². The van der Waals surface area contributed by atoms with Gasteiger partial charge in [-0.3, -0.25) is 5.43 Å². The summed E-state index contributed by atoms with van der Waals surface area (Å²) in [6.07, 6.45) is 1.74. The predicted octanol–water partition coefficient (Wildman–Crippen LogP) is 5.37. The molecule has 0 aromatic heterocycles. The van der Waals surface area contributed by atoms with E-state index in [-0.39, 0.29) is 0 Å². The topological polar surface area (TPSA) is 33.6 Å². The van der Waals surface area contributed by atoms with Crippen molar-refractivity contribution in [2.75, 3.05) is 5.43 Å². The Bertz CT molecular complexity index is 819. The van der Waals surface area contributed by atoms with E-state index in [9.17, 15) is 0 Å². The number of anilines is 1. The lowest BCUT2D eigenvalue weighted by Crippen LogP contribution is -1.99. The lowest BCUT2D eigenvalue weighted by molar-refractivity contribution is 0.306. The van der Waals surface area contributed by atoms with Crippen LogP contribution in [0.4, 0.5) is 5.69 Å². The SMILES string of the molecule is Clc1ccccc1COc1ccccc1C=NNc1ccccc1. The molecule has 3 aromatic carbocycles. The number of halogens is 1. The van der Waals surface area contributed by atoms with Crippen molar-refractivity contribution in [1.82, 2.24) is 0 Å². The first-order valence-corrected chi connectivity index (χ1v) is 8.00. The molecule has 0 atom stereocenters. The van der Waals surface area contributed by atoms with Crippen molar-refractivity contribution < 1.29 is 4.74 Å². The summed E-state index contributed by atoms with van der Waals surface area (Å²) in [5.74, 6) is 0.760. The highest BCUT2D eigenvalue weighted by molar-refractivity contribution is 6.31. The van der Waals surface area contributed by atoms with Gasteiger partial charge < -0.3 is 4.74 Å². The van der Waals surface area contributed by atoms with Gasteiger partial charge in [0.05, 0.1) is 11.9 Å². The van der Waals surface area contributed by atoms with E-state index in [2.05, 4.69) is 10.5 Å². The smallest absolute Gasteiger partial charge is 0.128 e. The zero-order valence-electron chi connectivity index (χ0n) is 13.0. The van der Waals surface area contributed by atoms with Crippen molar-refractivity contribution in [1.29, 1.82) is 0 Å². The molecule has 0 amide bonds. The molecule has 0 spiro atoms. The van der Waals surface area contributed by atoms with E-state index in [0.717, 1.165) is 22.6 Å². The third-order valence-corrected chi connectivity index (χ3v) is 3.80. The van der Waals surface area contributed by atoms with Crippen molar-refractivity contribution in [2.45, 2.75) is 6.61 Å². The summed E-state index contributed by atoms with van der Waals surface area (Å²) >= 11 is 6.17. The number of rotatable bonds is 6. The highest BCUT2D eigenvalue weighted by Gasteiger charge is 2.03. The third-order valence-electron chi connectivity index (χ3n) is 3.43. The first kappa shape index (κ1) is 16.1. The molecule has 0 saturated heterocycles. The fourth-order valence-electron chi connectivity index (χ4n) is 2.18. The predicted molar refractivity (Wildman–Crippen MR) is 99.9 cm³/mol. The van der Waals surface area contributed by atoms with Crippen molar-refractivity contribution in [3.63, 3.8) is 0 Å². The molecule has 0 bridgehead atoms. The van der Waals surface area contributed by atoms with Crippen LogP contribution in [0.1, 0.15) is 11.1 Å². The van der Waals surface area contributed by atoms with E-state index in [1.807, 2.05) is 78.9 Å². The van der Waals surface area contributed by atoms with Crippen LogP contribution in [0.3, 0.4) is 0 Å². The molecular weight excluding hydrogens is 320 g/mol. The van der Waals surface area contributed by atoms with E-state index < -0.39 is 0 Å². The van der Waals surface area contributed by atoms with Crippen LogP contribution >= 0.6 is 11.6 Å². The first-order valence-electron chi connectivity index (χ1n) is 7.62. The molecule has 0 aliphatic rings. The van der Waals surface area contributed by atoms with E-state index in [0.29, 0.717) is 11.6 Å². The number of nitrogens with zero attached hydrogens (tertiary/aromatic N) is 1. The maximum absolute atomic E-state index is 6.17. The minimum atomic E-state index is 0.413. The second-order valence-corrected chi connectivity index (χ2v) is 5.56. The van der Waals surface area contributed by atoms with Crippen molar-refractivity contribution in [3.8, 4) is 5.75 Å². The second-order valence-electron chi connectivity index (χ2n) is 5.15. The molecule has 120 valence electrons. The summed E-state index contributed by atoms with van der Waals surface area (Å²) in [6.45, 7) is 0.413. The number of hydrogen-bond acceptors (Lipinski definition) is 3. The summed E-state index contributed by atoms with van der Waals surface area (Å²) in [5, 5.41) is 4.97. The molecule has 1 N–H and O–H groups in total. The second kappa shape index (κ2) is 8.18. The van der Waals surface area contributed by atoms with Gasteiger partial charge in [0.1, 0.15) is 12.4 Å². The molecule has 3 rings (SSSR count). The molecule has 0 heterocycles. The van der Waals surface area contributed by atoms with Crippen molar-refractivity contribution in [3.05, 3.63) is 95.0 Å². The minimum Gasteiger partial charge on any atom is -0.488 e. The molecule has 24 heavy (non-hydrogen) atoms. The Morgan fingerprint density at radius 2 is 1.58 bits per heavy atom. The Morgan fingerprint density at radius 3 is 2.42 bits per heavy atom. The molecule has 4 heteroatoms. The van der Waals surface area contributed by atoms with Crippen LogP contribution in [-0.4, -0.2) is 6.21 Å². The van der Waals surface area contributed by atoms with Gasteiger partial charge in [0, 0.05) is 16.1 Å². The third kappa shape index (κ3) is 4.37.